The van der Waals surface area contributed by atoms with Gasteiger partial charge < -0.3 is 15.5 Å². The standard InChI is InChI=1S/C36H48ClFN6O/c1-26-21-32(15-16-33(26)38)41-30-11-13-31(14-12-30)42-34(22-27-7-9-29(37)10-8-27)35(45)43-19-17-36(18-20-43,23-44-25-39-24-40-44)28-5-3-2-4-6-28/h7-10,15-16,21,24-25,28,30-31,34,41-42H,2-6,11-14,17-20,22-23H2,1H3/t30?,31?,34-/m1/s1. The van der Waals surface area contributed by atoms with Crippen LogP contribution in [0.3, 0.4) is 0 Å². The van der Waals surface area contributed by atoms with Crippen molar-refractivity contribution >= 4 is 23.2 Å². The molecule has 3 fully saturated rings. The number of likely N-dealkylation sites (tertiary alicyclic amines) is 1. The van der Waals surface area contributed by atoms with Crippen LogP contribution in [-0.4, -0.2) is 56.8 Å². The minimum atomic E-state index is -0.280. The second-order valence-electron chi connectivity index (χ2n) is 13.8. The second-order valence-corrected chi connectivity index (χ2v) is 14.3. The molecule has 0 bridgehead atoms. The van der Waals surface area contributed by atoms with E-state index in [0.717, 1.165) is 69.4 Å². The topological polar surface area (TPSA) is 75.1 Å². The predicted octanol–water partition coefficient (Wildman–Crippen LogP) is 7.19. The number of hydrogen-bond donors (Lipinski definition) is 2. The van der Waals surface area contributed by atoms with E-state index in [2.05, 4.69) is 25.6 Å². The third-order valence-electron chi connectivity index (χ3n) is 10.8. The van der Waals surface area contributed by atoms with Crippen molar-refractivity contribution in [2.45, 2.75) is 109 Å². The SMILES string of the molecule is Cc1cc(NC2CCC(N[C@H](Cc3ccc(Cl)cc3)C(=O)N3CCC(Cn4cncn4)(C4CCCCC4)CC3)CC2)ccc1F. The van der Waals surface area contributed by atoms with Crippen molar-refractivity contribution in [3.05, 3.63) is 77.1 Å². The molecule has 0 radical (unpaired) electrons. The van der Waals surface area contributed by atoms with Crippen LogP contribution in [0.4, 0.5) is 10.1 Å². The van der Waals surface area contributed by atoms with E-state index in [0.29, 0.717) is 29.0 Å². The lowest BCUT2D eigenvalue weighted by molar-refractivity contribution is -0.137. The lowest BCUT2D eigenvalue weighted by Crippen LogP contribution is -2.55. The zero-order chi connectivity index (χ0) is 31.2. The van der Waals surface area contributed by atoms with Gasteiger partial charge in [-0.2, -0.15) is 5.10 Å². The number of anilines is 1. The quantitative estimate of drug-likeness (QED) is 0.247. The maximum atomic E-state index is 14.3. The van der Waals surface area contributed by atoms with Gasteiger partial charge in [0.2, 0.25) is 5.91 Å². The molecule has 2 saturated carbocycles. The van der Waals surface area contributed by atoms with Crippen molar-refractivity contribution in [3.8, 4) is 0 Å². The molecule has 6 rings (SSSR count). The third kappa shape index (κ3) is 8.07. The number of piperidine rings is 1. The molecule has 1 atom stereocenters. The van der Waals surface area contributed by atoms with E-state index in [9.17, 15) is 9.18 Å². The van der Waals surface area contributed by atoms with Crippen molar-refractivity contribution < 1.29 is 9.18 Å². The highest BCUT2D eigenvalue weighted by molar-refractivity contribution is 6.30. The van der Waals surface area contributed by atoms with Crippen LogP contribution in [0.15, 0.2) is 55.1 Å². The number of hydrogen-bond acceptors (Lipinski definition) is 5. The van der Waals surface area contributed by atoms with Crippen LogP contribution in [-0.2, 0) is 17.8 Å². The first-order valence-corrected chi connectivity index (χ1v) is 17.4. The van der Waals surface area contributed by atoms with E-state index in [1.807, 2.05) is 47.4 Å². The Labute approximate surface area is 272 Å². The van der Waals surface area contributed by atoms with Gasteiger partial charge in [0.1, 0.15) is 18.5 Å². The molecule has 2 heterocycles. The zero-order valence-corrected chi connectivity index (χ0v) is 27.3. The molecule has 3 aliphatic rings. The van der Waals surface area contributed by atoms with Gasteiger partial charge in [-0.15, -0.1) is 0 Å². The van der Waals surface area contributed by atoms with Crippen LogP contribution < -0.4 is 10.6 Å². The lowest BCUT2D eigenvalue weighted by atomic mass is 9.63. The van der Waals surface area contributed by atoms with Crippen LogP contribution >= 0.6 is 11.6 Å². The number of nitrogens with zero attached hydrogens (tertiary/aromatic N) is 4. The Morgan fingerprint density at radius 3 is 2.38 bits per heavy atom. The van der Waals surface area contributed by atoms with Gasteiger partial charge in [0.15, 0.2) is 0 Å². The molecule has 0 spiro atoms. The molecule has 1 amide bonds. The fraction of sp³-hybridized carbons (Fsp3) is 0.583. The van der Waals surface area contributed by atoms with E-state index in [1.165, 1.54) is 38.2 Å². The Balaban J connectivity index is 1.10. The summed E-state index contributed by atoms with van der Waals surface area (Å²) in [6, 6.07) is 13.5. The van der Waals surface area contributed by atoms with E-state index in [1.54, 1.807) is 13.3 Å². The second kappa shape index (κ2) is 14.6. The highest BCUT2D eigenvalue weighted by Crippen LogP contribution is 2.47. The van der Waals surface area contributed by atoms with Crippen LogP contribution in [0.1, 0.15) is 81.8 Å². The Morgan fingerprint density at radius 2 is 1.71 bits per heavy atom. The Hall–Kier alpha value is -2.97. The summed E-state index contributed by atoms with van der Waals surface area (Å²) in [6.07, 6.45) is 16.6. The summed E-state index contributed by atoms with van der Waals surface area (Å²) in [5, 5.41) is 12.6. The van der Waals surface area contributed by atoms with E-state index >= 15 is 0 Å². The molecule has 3 aromatic rings. The largest absolute Gasteiger partial charge is 0.382 e. The van der Waals surface area contributed by atoms with Gasteiger partial charge in [0.05, 0.1) is 6.04 Å². The molecule has 2 aromatic carbocycles. The normalized spacial score (nSPS) is 23.0. The number of aromatic nitrogens is 3. The molecule has 1 aliphatic heterocycles. The summed E-state index contributed by atoms with van der Waals surface area (Å²) in [4.78, 5) is 20.6. The van der Waals surface area contributed by atoms with Gasteiger partial charge in [0, 0.05) is 42.4 Å². The van der Waals surface area contributed by atoms with Crippen molar-refractivity contribution in [2.24, 2.45) is 11.3 Å². The summed E-state index contributed by atoms with van der Waals surface area (Å²) in [6.45, 7) is 4.27. The van der Waals surface area contributed by atoms with Crippen LogP contribution in [0.2, 0.25) is 5.02 Å². The highest BCUT2D eigenvalue weighted by atomic mass is 35.5. The first-order chi connectivity index (χ1) is 21.9. The van der Waals surface area contributed by atoms with Crippen LogP contribution in [0.5, 0.6) is 0 Å². The smallest absolute Gasteiger partial charge is 0.240 e. The fourth-order valence-corrected chi connectivity index (χ4v) is 8.30. The molecule has 2 aliphatic carbocycles. The van der Waals surface area contributed by atoms with Gasteiger partial charge in [-0.25, -0.2) is 9.37 Å². The molecule has 0 unspecified atom stereocenters. The van der Waals surface area contributed by atoms with E-state index in [-0.39, 0.29) is 29.2 Å². The molecule has 7 nitrogen and oxygen atoms in total. The fourth-order valence-electron chi connectivity index (χ4n) is 8.17. The number of amides is 1. The van der Waals surface area contributed by atoms with E-state index in [4.69, 9.17) is 11.6 Å². The number of rotatable bonds is 10. The summed E-state index contributed by atoms with van der Waals surface area (Å²) in [5.74, 6) is 0.719. The molecule has 45 heavy (non-hydrogen) atoms. The lowest BCUT2D eigenvalue weighted by Gasteiger charge is -2.48. The molecule has 9 heteroatoms. The Kier molecular flexibility index (Phi) is 10.4. The first-order valence-electron chi connectivity index (χ1n) is 17.0. The van der Waals surface area contributed by atoms with Crippen LogP contribution in [0, 0.1) is 24.1 Å². The van der Waals surface area contributed by atoms with E-state index < -0.39 is 0 Å². The number of carbonyl (C=O) groups is 1. The van der Waals surface area contributed by atoms with Gasteiger partial charge in [-0.05, 0) is 118 Å². The summed E-state index contributed by atoms with van der Waals surface area (Å²) in [5.41, 5.74) is 2.91. The van der Waals surface area contributed by atoms with Gasteiger partial charge in [-0.3, -0.25) is 9.48 Å². The predicted molar refractivity (Wildman–Crippen MR) is 178 cm³/mol. The van der Waals surface area contributed by atoms with Crippen molar-refractivity contribution in [3.63, 3.8) is 0 Å². The van der Waals surface area contributed by atoms with Gasteiger partial charge >= 0.3 is 0 Å². The summed E-state index contributed by atoms with van der Waals surface area (Å²) >= 11 is 6.19. The highest BCUT2D eigenvalue weighted by Gasteiger charge is 2.44. The average Bonchev–Trinajstić information content (AvgIpc) is 3.58. The summed E-state index contributed by atoms with van der Waals surface area (Å²) in [7, 11) is 0. The van der Waals surface area contributed by atoms with Gasteiger partial charge in [0.25, 0.3) is 0 Å². The molecule has 2 N–H and O–H groups in total. The number of benzene rings is 2. The molecule has 1 aromatic heterocycles. The monoisotopic (exact) mass is 634 g/mol. The number of halogens is 2. The number of carbonyl (C=O) groups excluding carboxylic acids is 1. The minimum Gasteiger partial charge on any atom is -0.382 e. The zero-order valence-electron chi connectivity index (χ0n) is 26.6. The maximum Gasteiger partial charge on any atom is 0.240 e. The van der Waals surface area contributed by atoms with Crippen molar-refractivity contribution in [2.75, 3.05) is 18.4 Å². The Bertz CT molecular complexity index is 1380. The number of aryl methyl sites for hydroxylation is 1. The Morgan fingerprint density at radius 1 is 1.00 bits per heavy atom. The van der Waals surface area contributed by atoms with Crippen LogP contribution in [0.25, 0.3) is 0 Å². The molecule has 1 saturated heterocycles. The number of nitrogens with one attached hydrogen (secondary N) is 2. The third-order valence-corrected chi connectivity index (χ3v) is 11.1. The van der Waals surface area contributed by atoms with Crippen molar-refractivity contribution in [1.82, 2.24) is 25.0 Å². The molecule has 242 valence electrons. The minimum absolute atomic E-state index is 0.165. The summed E-state index contributed by atoms with van der Waals surface area (Å²) < 4.78 is 15.8. The maximum absolute atomic E-state index is 14.3. The molecular formula is C36H48ClFN6O. The van der Waals surface area contributed by atoms with Gasteiger partial charge in [-0.1, -0.05) is 43.0 Å². The van der Waals surface area contributed by atoms with Crippen molar-refractivity contribution in [1.29, 1.82) is 0 Å². The first kappa shape index (κ1) is 32.0. The molecular weight excluding hydrogens is 587 g/mol. The average molecular weight is 635 g/mol.